The summed E-state index contributed by atoms with van der Waals surface area (Å²) in [6, 6.07) is 24.2. The maximum Gasteiger partial charge on any atom is 0.186 e. The van der Waals surface area contributed by atoms with E-state index < -0.39 is 6.79 Å². The number of Topliss-reactive ketones (excluding diaryl/α,β-unsaturated/α-hetero) is 1. The number of ketones is 2. The lowest BCUT2D eigenvalue weighted by atomic mass is 9.93. The zero-order valence-corrected chi connectivity index (χ0v) is 30.1. The van der Waals surface area contributed by atoms with Gasteiger partial charge in [0, 0.05) is 12.6 Å². The summed E-state index contributed by atoms with van der Waals surface area (Å²) in [5.74, 6) is 0.645. The van der Waals surface area contributed by atoms with Crippen LogP contribution in [0.4, 0.5) is 5.82 Å². The number of allylic oxidation sites excluding steroid dienone is 1. The highest BCUT2D eigenvalue weighted by Crippen LogP contribution is 2.32. The summed E-state index contributed by atoms with van der Waals surface area (Å²) in [7, 11) is 1.95. The van der Waals surface area contributed by atoms with Crippen molar-refractivity contribution in [2.45, 2.75) is 77.6 Å². The summed E-state index contributed by atoms with van der Waals surface area (Å²) in [4.78, 5) is 29.7. The summed E-state index contributed by atoms with van der Waals surface area (Å²) in [5.41, 5.74) is 13.3. The van der Waals surface area contributed by atoms with Gasteiger partial charge in [-0.2, -0.15) is 0 Å². The van der Waals surface area contributed by atoms with E-state index in [1.165, 1.54) is 22.8 Å². The van der Waals surface area contributed by atoms with Gasteiger partial charge in [0.1, 0.15) is 11.6 Å². The van der Waals surface area contributed by atoms with E-state index in [4.69, 9.17) is 10.5 Å². The van der Waals surface area contributed by atoms with Crippen LogP contribution in [0.15, 0.2) is 85.1 Å². The largest absolute Gasteiger partial charge is 0.504 e. The number of nitrogens with one attached hydrogen (secondary N) is 1. The second-order valence-corrected chi connectivity index (χ2v) is 13.4. The molecule has 0 fully saturated rings. The van der Waals surface area contributed by atoms with Gasteiger partial charge in [-0.3, -0.25) is 9.59 Å². The number of ether oxygens (including phenoxy) is 1. The molecule has 8 nitrogen and oxygen atoms in total. The number of carbonyl (C=O) groups excluding carboxylic acids is 2. The normalized spacial score (nSPS) is 11.9. The first-order valence-electron chi connectivity index (χ1n) is 18.1. The average molecular weight is 692 g/mol. The molecule has 0 bridgehead atoms. The molecule has 0 spiro atoms. The summed E-state index contributed by atoms with van der Waals surface area (Å²) < 4.78 is 5.23. The highest BCUT2D eigenvalue weighted by Gasteiger charge is 2.14. The quantitative estimate of drug-likeness (QED) is 0.0294. The minimum atomic E-state index is -0.614. The molecule has 8 heteroatoms. The van der Waals surface area contributed by atoms with Crippen LogP contribution in [0, 0.1) is 5.92 Å². The predicted octanol–water partition coefficient (Wildman–Crippen LogP) is 7.21. The highest BCUT2D eigenvalue weighted by atomic mass is 16.6. The van der Waals surface area contributed by atoms with Gasteiger partial charge in [0.15, 0.2) is 24.1 Å². The van der Waals surface area contributed by atoms with E-state index in [2.05, 4.69) is 65.8 Å². The fourth-order valence-electron chi connectivity index (χ4n) is 6.38. The first-order chi connectivity index (χ1) is 24.7. The van der Waals surface area contributed by atoms with Gasteiger partial charge < -0.3 is 26.0 Å². The molecule has 0 radical (unpaired) electrons. The van der Waals surface area contributed by atoms with E-state index in [0.717, 1.165) is 74.6 Å². The standard InChI is InChI=1S/C43H53N3O5/c1-31(28-45-2)10-5-3-8-15-39(48)27-40(49)21-20-35-25-42(51-30-47)41(50)24-37(35)23-38-29-46-43(44)26-36(38)19-18-34-14-9-13-33(22-34)17-16-32-11-6-4-7-12-32/h4,6-7,9,11-14,20-22,24-26,29,31,45,47,50H,3,5,8,10,15-19,23,27-28,30H2,1-2H3,(H2,44,46)/b21-20+/t31-/m1/s1. The number of aryl methyl sites for hydroxylation is 4. The zero-order valence-electron chi connectivity index (χ0n) is 30.1. The van der Waals surface area contributed by atoms with Gasteiger partial charge in [-0.15, -0.1) is 0 Å². The molecule has 0 aliphatic carbocycles. The lowest BCUT2D eigenvalue weighted by Gasteiger charge is -2.15. The molecule has 0 amide bonds. The Balaban J connectivity index is 1.42. The number of hydrogen-bond donors (Lipinski definition) is 4. The van der Waals surface area contributed by atoms with Crippen LogP contribution in [0.3, 0.4) is 0 Å². The molecule has 3 aromatic carbocycles. The van der Waals surface area contributed by atoms with Gasteiger partial charge in [0.05, 0.1) is 6.42 Å². The molecular weight excluding hydrogens is 638 g/mol. The number of anilines is 1. The van der Waals surface area contributed by atoms with Crippen LogP contribution in [-0.4, -0.2) is 47.1 Å². The van der Waals surface area contributed by atoms with Crippen molar-refractivity contribution in [1.82, 2.24) is 10.3 Å². The molecule has 51 heavy (non-hydrogen) atoms. The van der Waals surface area contributed by atoms with Crippen LogP contribution in [0.25, 0.3) is 6.08 Å². The zero-order chi connectivity index (χ0) is 36.4. The first kappa shape index (κ1) is 39.0. The number of hydrogen-bond acceptors (Lipinski definition) is 8. The fraction of sp³-hybridized carbons (Fsp3) is 0.372. The Bertz CT molecular complexity index is 1740. The number of aromatic nitrogens is 1. The van der Waals surface area contributed by atoms with E-state index >= 15 is 0 Å². The number of aliphatic hydroxyl groups is 1. The molecule has 0 saturated heterocycles. The van der Waals surface area contributed by atoms with Crippen molar-refractivity contribution in [2.24, 2.45) is 5.92 Å². The number of aliphatic hydroxyl groups excluding tert-OH is 1. The summed E-state index contributed by atoms with van der Waals surface area (Å²) in [6.07, 6.45) is 12.9. The Morgan fingerprint density at radius 1 is 0.882 bits per heavy atom. The van der Waals surface area contributed by atoms with Gasteiger partial charge in [-0.25, -0.2) is 4.98 Å². The molecule has 1 atom stereocenters. The molecule has 0 aliphatic heterocycles. The number of unbranched alkanes of at least 4 members (excludes halogenated alkanes) is 2. The van der Waals surface area contributed by atoms with Crippen LogP contribution in [0.1, 0.15) is 84.4 Å². The Kier molecular flexibility index (Phi) is 15.9. The molecule has 4 rings (SSSR count). The number of aromatic hydroxyl groups is 1. The van der Waals surface area contributed by atoms with E-state index in [-0.39, 0.29) is 29.5 Å². The Morgan fingerprint density at radius 2 is 1.61 bits per heavy atom. The average Bonchev–Trinajstić information content (AvgIpc) is 3.12. The second-order valence-electron chi connectivity index (χ2n) is 13.4. The molecule has 270 valence electrons. The van der Waals surface area contributed by atoms with Crippen LogP contribution >= 0.6 is 0 Å². The smallest absolute Gasteiger partial charge is 0.186 e. The molecular formula is C43H53N3O5. The van der Waals surface area contributed by atoms with Crippen molar-refractivity contribution in [2.75, 3.05) is 26.1 Å². The van der Waals surface area contributed by atoms with Gasteiger partial charge in [-0.1, -0.05) is 80.4 Å². The van der Waals surface area contributed by atoms with Gasteiger partial charge in [0.2, 0.25) is 0 Å². The minimum Gasteiger partial charge on any atom is -0.504 e. The second kappa shape index (κ2) is 20.8. The Hall–Kier alpha value is -4.79. The van der Waals surface area contributed by atoms with Crippen LogP contribution < -0.4 is 15.8 Å². The maximum atomic E-state index is 12.8. The molecule has 0 aliphatic rings. The number of rotatable bonds is 22. The van der Waals surface area contributed by atoms with Crippen molar-refractivity contribution in [3.8, 4) is 11.5 Å². The number of nitrogens with zero attached hydrogens (tertiary/aromatic N) is 1. The SMILES string of the molecule is CNC[C@H](C)CCCCCC(=O)CC(=O)/C=C/c1cc(OCO)c(O)cc1Cc1cnc(N)cc1CCc1cccc(CCc2ccccc2)c1. The molecule has 0 saturated carbocycles. The van der Waals surface area contributed by atoms with Crippen LogP contribution in [0.2, 0.25) is 0 Å². The van der Waals surface area contributed by atoms with Crippen molar-refractivity contribution in [3.05, 3.63) is 124 Å². The summed E-state index contributed by atoms with van der Waals surface area (Å²) >= 11 is 0. The van der Waals surface area contributed by atoms with Crippen LogP contribution in [-0.2, 0) is 41.7 Å². The van der Waals surface area contributed by atoms with Gasteiger partial charge in [0.25, 0.3) is 0 Å². The minimum absolute atomic E-state index is 0.0672. The number of nitrogens with two attached hydrogens (primary N) is 1. The van der Waals surface area contributed by atoms with E-state index in [9.17, 15) is 19.8 Å². The highest BCUT2D eigenvalue weighted by molar-refractivity contribution is 6.06. The van der Waals surface area contributed by atoms with Gasteiger partial charge >= 0.3 is 0 Å². The van der Waals surface area contributed by atoms with E-state index in [1.807, 2.05) is 19.2 Å². The molecule has 1 aromatic heterocycles. The third-order valence-electron chi connectivity index (χ3n) is 9.17. The first-order valence-corrected chi connectivity index (χ1v) is 18.1. The lowest BCUT2D eigenvalue weighted by molar-refractivity contribution is -0.124. The van der Waals surface area contributed by atoms with Gasteiger partial charge in [-0.05, 0) is 128 Å². The Labute approximate surface area is 302 Å². The molecule has 4 aromatic rings. The number of phenols is 1. The number of nitrogen functional groups attached to an aromatic ring is 1. The Morgan fingerprint density at radius 3 is 2.35 bits per heavy atom. The van der Waals surface area contributed by atoms with Crippen molar-refractivity contribution >= 4 is 23.5 Å². The number of pyridine rings is 1. The monoisotopic (exact) mass is 691 g/mol. The molecule has 1 heterocycles. The summed E-state index contributed by atoms with van der Waals surface area (Å²) in [5, 5.41) is 23.2. The fourth-order valence-corrected chi connectivity index (χ4v) is 6.38. The third-order valence-corrected chi connectivity index (χ3v) is 9.17. The number of phenolic OH excluding ortho intramolecular Hbond substituents is 1. The van der Waals surface area contributed by atoms with Crippen molar-refractivity contribution < 1.29 is 24.5 Å². The van der Waals surface area contributed by atoms with Crippen LogP contribution in [0.5, 0.6) is 11.5 Å². The molecule has 0 unspecified atom stereocenters. The number of benzene rings is 3. The lowest BCUT2D eigenvalue weighted by Crippen LogP contribution is -2.15. The third kappa shape index (κ3) is 13.5. The number of carbonyl (C=O) groups is 2. The van der Waals surface area contributed by atoms with Crippen molar-refractivity contribution in [3.63, 3.8) is 0 Å². The van der Waals surface area contributed by atoms with E-state index in [1.54, 1.807) is 24.4 Å². The predicted molar refractivity (Wildman–Crippen MR) is 205 cm³/mol. The topological polar surface area (TPSA) is 135 Å². The molecule has 5 N–H and O–H groups in total. The van der Waals surface area contributed by atoms with Crippen molar-refractivity contribution in [1.29, 1.82) is 0 Å². The summed E-state index contributed by atoms with van der Waals surface area (Å²) in [6.45, 7) is 2.59. The van der Waals surface area contributed by atoms with E-state index in [0.29, 0.717) is 30.1 Å². The maximum absolute atomic E-state index is 12.8.